The van der Waals surface area contributed by atoms with Crippen molar-refractivity contribution in [2.24, 2.45) is 5.73 Å². The van der Waals surface area contributed by atoms with Crippen molar-refractivity contribution in [1.29, 1.82) is 0 Å². The molecule has 1 saturated heterocycles. The number of fused-ring (bicyclic) bond motifs is 1. The number of carbonyl (C=O) groups excluding carboxylic acids is 1. The molecule has 0 unspecified atom stereocenters. The second-order valence-electron chi connectivity index (χ2n) is 6.34. The molecule has 148 valence electrons. The molecule has 1 fully saturated rings. The van der Waals surface area contributed by atoms with Gasteiger partial charge in [-0.05, 0) is 43.4 Å². The number of benzene rings is 1. The molecular weight excluding hydrogens is 375 g/mol. The van der Waals surface area contributed by atoms with Crippen molar-refractivity contribution >= 4 is 11.9 Å². The number of nitrogens with zero attached hydrogens (tertiary/aromatic N) is 5. The Balaban J connectivity index is 0.000000994. The fraction of sp³-hybridized carbons (Fsp3) is 0.200. The molecular formula is C20H19FN6O2. The Morgan fingerprint density at radius 2 is 1.90 bits per heavy atom. The first-order valence-electron chi connectivity index (χ1n) is 9.03. The number of hydrogen-bond donors (Lipinski definition) is 1. The Kier molecular flexibility index (Phi) is 5.15. The first-order valence-corrected chi connectivity index (χ1v) is 9.03. The van der Waals surface area contributed by atoms with Crippen LogP contribution in [-0.2, 0) is 4.74 Å². The lowest BCUT2D eigenvalue weighted by Gasteiger charge is -2.28. The summed E-state index contributed by atoms with van der Waals surface area (Å²) < 4.78 is 22.2. The smallest absolute Gasteiger partial charge is 0.170 e. The van der Waals surface area contributed by atoms with Crippen LogP contribution >= 0.6 is 0 Å². The molecule has 29 heavy (non-hydrogen) atoms. The van der Waals surface area contributed by atoms with Crippen molar-refractivity contribution < 1.29 is 13.9 Å². The molecule has 3 aromatic heterocycles. The average Bonchev–Trinajstić information content (AvgIpc) is 3.32. The number of halogens is 1. The van der Waals surface area contributed by atoms with Gasteiger partial charge in [0, 0.05) is 5.56 Å². The van der Waals surface area contributed by atoms with E-state index in [-0.39, 0.29) is 11.9 Å². The zero-order chi connectivity index (χ0) is 20.4. The molecule has 1 aromatic carbocycles. The molecule has 1 aliphatic rings. The van der Waals surface area contributed by atoms with Gasteiger partial charge in [0.2, 0.25) is 0 Å². The molecule has 5 rings (SSSR count). The molecule has 1 aliphatic heterocycles. The van der Waals surface area contributed by atoms with Crippen molar-refractivity contribution in [1.82, 2.24) is 24.1 Å². The maximum absolute atomic E-state index is 13.3. The summed E-state index contributed by atoms with van der Waals surface area (Å²) in [4.78, 5) is 20.0. The van der Waals surface area contributed by atoms with Gasteiger partial charge in [0.25, 0.3) is 0 Å². The highest BCUT2D eigenvalue weighted by atomic mass is 19.1. The van der Waals surface area contributed by atoms with Crippen molar-refractivity contribution in [3.05, 3.63) is 60.4 Å². The molecule has 0 bridgehead atoms. The van der Waals surface area contributed by atoms with Crippen LogP contribution in [0.25, 0.3) is 28.3 Å². The van der Waals surface area contributed by atoms with Crippen LogP contribution in [0.5, 0.6) is 0 Å². The van der Waals surface area contributed by atoms with E-state index in [1.807, 2.05) is 10.6 Å². The van der Waals surface area contributed by atoms with E-state index >= 15 is 0 Å². The van der Waals surface area contributed by atoms with Crippen LogP contribution in [0, 0.1) is 5.82 Å². The molecule has 0 amide bonds. The third-order valence-electron chi connectivity index (χ3n) is 4.68. The van der Waals surface area contributed by atoms with Gasteiger partial charge in [0.05, 0.1) is 43.2 Å². The summed E-state index contributed by atoms with van der Waals surface area (Å²) in [7, 11) is 1.50. The normalized spacial score (nSPS) is 13.6. The predicted octanol–water partition coefficient (Wildman–Crippen LogP) is 2.36. The molecule has 0 spiro atoms. The first kappa shape index (κ1) is 18.9. The van der Waals surface area contributed by atoms with Gasteiger partial charge in [-0.3, -0.25) is 4.79 Å². The predicted molar refractivity (Wildman–Crippen MR) is 105 cm³/mol. The quantitative estimate of drug-likeness (QED) is 0.534. The molecule has 9 heteroatoms. The topological polar surface area (TPSA) is 100 Å². The summed E-state index contributed by atoms with van der Waals surface area (Å²) in [5.41, 5.74) is 8.38. The van der Waals surface area contributed by atoms with Crippen LogP contribution in [0.2, 0.25) is 0 Å². The SMILES string of the molecule is CN.O=Cc1cnc2ccc(-c3c(-c4ccc(F)cc4)ncn3C3COC3)nn12. The highest BCUT2D eigenvalue weighted by Gasteiger charge is 2.27. The number of carbonyl (C=O) groups is 1. The van der Waals surface area contributed by atoms with Gasteiger partial charge in [-0.2, -0.15) is 5.10 Å². The van der Waals surface area contributed by atoms with E-state index in [0.29, 0.717) is 42.2 Å². The Morgan fingerprint density at radius 1 is 1.14 bits per heavy atom. The minimum atomic E-state index is -0.305. The molecule has 8 nitrogen and oxygen atoms in total. The molecule has 4 aromatic rings. The van der Waals surface area contributed by atoms with Crippen molar-refractivity contribution in [3.8, 4) is 22.6 Å². The molecule has 4 heterocycles. The average molecular weight is 394 g/mol. The molecule has 0 radical (unpaired) electrons. The van der Waals surface area contributed by atoms with Gasteiger partial charge < -0.3 is 15.0 Å². The fourth-order valence-corrected chi connectivity index (χ4v) is 3.19. The minimum absolute atomic E-state index is 0.160. The Bertz CT molecular complexity index is 1150. The van der Waals surface area contributed by atoms with E-state index in [1.165, 1.54) is 29.9 Å². The lowest BCUT2D eigenvalue weighted by atomic mass is 10.1. The van der Waals surface area contributed by atoms with Gasteiger partial charge in [0.1, 0.15) is 17.2 Å². The van der Waals surface area contributed by atoms with E-state index in [1.54, 1.807) is 24.5 Å². The minimum Gasteiger partial charge on any atom is -0.377 e. The second kappa shape index (κ2) is 7.90. The van der Waals surface area contributed by atoms with Crippen molar-refractivity contribution in [3.63, 3.8) is 0 Å². The molecule has 0 atom stereocenters. The standard InChI is InChI=1S/C19H14FN5O2.CH5N/c20-13-3-1-12(2-4-13)18-19(24(11-22-18)15-9-27-10-15)16-5-6-17-21-7-14(8-26)25(17)23-16;1-2/h1-8,11,15H,9-10H2;2H2,1H3. The third kappa shape index (κ3) is 3.30. The zero-order valence-corrected chi connectivity index (χ0v) is 15.7. The summed E-state index contributed by atoms with van der Waals surface area (Å²) in [6, 6.07) is 10.00. The zero-order valence-electron chi connectivity index (χ0n) is 15.7. The van der Waals surface area contributed by atoms with Gasteiger partial charge >= 0.3 is 0 Å². The highest BCUT2D eigenvalue weighted by Crippen LogP contribution is 2.34. The van der Waals surface area contributed by atoms with Crippen molar-refractivity contribution in [2.75, 3.05) is 20.3 Å². The number of hydrogen-bond acceptors (Lipinski definition) is 6. The van der Waals surface area contributed by atoms with E-state index < -0.39 is 0 Å². The maximum atomic E-state index is 13.3. The van der Waals surface area contributed by atoms with Crippen LogP contribution < -0.4 is 5.73 Å². The lowest BCUT2D eigenvalue weighted by Crippen LogP contribution is -2.30. The highest BCUT2D eigenvalue weighted by molar-refractivity contribution is 5.78. The lowest BCUT2D eigenvalue weighted by molar-refractivity contribution is -0.0226. The summed E-state index contributed by atoms with van der Waals surface area (Å²) in [5.74, 6) is -0.305. The van der Waals surface area contributed by atoms with Crippen LogP contribution in [0.4, 0.5) is 4.39 Å². The monoisotopic (exact) mass is 394 g/mol. The summed E-state index contributed by atoms with van der Waals surface area (Å²) >= 11 is 0. The van der Waals surface area contributed by atoms with Gasteiger partial charge in [0.15, 0.2) is 11.9 Å². The van der Waals surface area contributed by atoms with E-state index in [9.17, 15) is 9.18 Å². The van der Waals surface area contributed by atoms with Crippen molar-refractivity contribution in [2.45, 2.75) is 6.04 Å². The number of nitrogens with two attached hydrogens (primary N) is 1. The van der Waals surface area contributed by atoms with Gasteiger partial charge in [-0.15, -0.1) is 0 Å². The summed E-state index contributed by atoms with van der Waals surface area (Å²) in [6.07, 6.45) is 3.95. The summed E-state index contributed by atoms with van der Waals surface area (Å²) in [6.45, 7) is 1.19. The Labute approximate surface area is 165 Å². The third-order valence-corrected chi connectivity index (χ3v) is 4.68. The first-order chi connectivity index (χ1) is 14.2. The number of ether oxygens (including phenoxy) is 1. The van der Waals surface area contributed by atoms with Crippen LogP contribution in [-0.4, -0.2) is 50.7 Å². The second-order valence-corrected chi connectivity index (χ2v) is 6.34. The summed E-state index contributed by atoms with van der Waals surface area (Å²) in [5, 5.41) is 4.60. The van der Waals surface area contributed by atoms with Crippen LogP contribution in [0.1, 0.15) is 16.5 Å². The largest absolute Gasteiger partial charge is 0.377 e. The van der Waals surface area contributed by atoms with Crippen LogP contribution in [0.15, 0.2) is 48.9 Å². The van der Waals surface area contributed by atoms with E-state index in [4.69, 9.17) is 4.74 Å². The van der Waals surface area contributed by atoms with Crippen LogP contribution in [0.3, 0.4) is 0 Å². The molecule has 0 aliphatic carbocycles. The van der Waals surface area contributed by atoms with Gasteiger partial charge in [-0.25, -0.2) is 18.9 Å². The molecule has 0 saturated carbocycles. The fourth-order valence-electron chi connectivity index (χ4n) is 3.19. The molecule has 2 N–H and O–H groups in total. The number of aldehydes is 1. The Morgan fingerprint density at radius 3 is 2.55 bits per heavy atom. The maximum Gasteiger partial charge on any atom is 0.170 e. The van der Waals surface area contributed by atoms with E-state index in [2.05, 4.69) is 20.8 Å². The van der Waals surface area contributed by atoms with Gasteiger partial charge in [-0.1, -0.05) is 0 Å². The van der Waals surface area contributed by atoms with E-state index in [0.717, 1.165) is 11.3 Å². The number of aromatic nitrogens is 5. The number of imidazole rings is 2. The Hall–Kier alpha value is -3.43. The number of rotatable bonds is 4.